The van der Waals surface area contributed by atoms with E-state index in [9.17, 15) is 14.4 Å². The van der Waals surface area contributed by atoms with Gasteiger partial charge in [-0.25, -0.2) is 0 Å². The summed E-state index contributed by atoms with van der Waals surface area (Å²) in [6.45, 7) is 3.90. The average Bonchev–Trinajstić information content (AvgIpc) is 2.22. The first-order chi connectivity index (χ1) is 7.86. The third-order valence-electron chi connectivity index (χ3n) is 2.20. The fourth-order valence-corrected chi connectivity index (χ4v) is 1.34. The molecule has 0 aliphatic rings. The molecule has 0 heterocycles. The number of hydrogen-bond acceptors (Lipinski definition) is 4. The molecule has 1 radical (unpaired) electrons. The Morgan fingerprint density at radius 3 is 2.35 bits per heavy atom. The Morgan fingerprint density at radius 2 is 1.94 bits per heavy atom. The van der Waals surface area contributed by atoms with Gasteiger partial charge in [0.15, 0.2) is 0 Å². The van der Waals surface area contributed by atoms with Crippen molar-refractivity contribution in [2.24, 2.45) is 17.4 Å². The van der Waals surface area contributed by atoms with Gasteiger partial charge in [0.05, 0.1) is 12.1 Å². The number of rotatable bonds is 8. The number of carbonyl (C=O) groups excluding carboxylic acids is 3. The van der Waals surface area contributed by atoms with E-state index in [4.69, 9.17) is 11.5 Å². The van der Waals surface area contributed by atoms with Crippen molar-refractivity contribution >= 4 is 18.1 Å². The molecule has 6 nitrogen and oxygen atoms in total. The summed E-state index contributed by atoms with van der Waals surface area (Å²) >= 11 is 0. The Balaban J connectivity index is 4.13. The van der Waals surface area contributed by atoms with Crippen molar-refractivity contribution in [1.29, 1.82) is 0 Å². The highest BCUT2D eigenvalue weighted by Crippen LogP contribution is 2.03. The van der Waals surface area contributed by atoms with E-state index in [0.29, 0.717) is 12.3 Å². The lowest BCUT2D eigenvalue weighted by Gasteiger charge is -2.17. The van der Waals surface area contributed by atoms with Crippen LogP contribution in [0.5, 0.6) is 0 Å². The van der Waals surface area contributed by atoms with E-state index < -0.39 is 23.9 Å². The maximum absolute atomic E-state index is 11.6. The van der Waals surface area contributed by atoms with Crippen LogP contribution in [0.3, 0.4) is 0 Å². The number of hydrogen-bond donors (Lipinski definition) is 3. The average molecular weight is 242 g/mol. The second-order valence-corrected chi connectivity index (χ2v) is 4.42. The second kappa shape index (κ2) is 7.78. The Hall–Kier alpha value is -1.43. The maximum Gasteiger partial charge on any atom is 0.237 e. The van der Waals surface area contributed by atoms with Crippen molar-refractivity contribution < 1.29 is 14.4 Å². The van der Waals surface area contributed by atoms with Crippen molar-refractivity contribution in [3.63, 3.8) is 0 Å². The van der Waals surface area contributed by atoms with Gasteiger partial charge in [-0.15, -0.1) is 0 Å². The molecule has 0 rings (SSSR count). The molecule has 2 amide bonds. The van der Waals surface area contributed by atoms with Crippen LogP contribution in [0, 0.1) is 5.92 Å². The van der Waals surface area contributed by atoms with E-state index in [2.05, 4.69) is 5.32 Å². The van der Waals surface area contributed by atoms with Gasteiger partial charge in [0.25, 0.3) is 0 Å². The minimum Gasteiger partial charge on any atom is -0.370 e. The van der Waals surface area contributed by atoms with Gasteiger partial charge in [0.1, 0.15) is 0 Å². The Kier molecular flexibility index (Phi) is 7.13. The molecule has 0 unspecified atom stereocenters. The minimum atomic E-state index is -0.826. The lowest BCUT2D eigenvalue weighted by molar-refractivity contribution is -0.123. The summed E-state index contributed by atoms with van der Waals surface area (Å²) in [7, 11) is 0. The molecule has 0 aliphatic heterocycles. The van der Waals surface area contributed by atoms with E-state index in [1.165, 1.54) is 0 Å². The smallest absolute Gasteiger partial charge is 0.237 e. The number of carbonyl (C=O) groups is 2. The molecule has 5 N–H and O–H groups in total. The number of amides is 2. The summed E-state index contributed by atoms with van der Waals surface area (Å²) in [5, 5.41) is 2.43. The van der Waals surface area contributed by atoms with Crippen LogP contribution >= 0.6 is 0 Å². The van der Waals surface area contributed by atoms with Crippen LogP contribution in [0.2, 0.25) is 0 Å². The van der Waals surface area contributed by atoms with Crippen molar-refractivity contribution in [3.05, 3.63) is 0 Å². The Labute approximate surface area is 101 Å². The van der Waals surface area contributed by atoms with Crippen LogP contribution in [0.1, 0.15) is 33.1 Å². The molecule has 17 heavy (non-hydrogen) atoms. The van der Waals surface area contributed by atoms with Crippen LogP contribution in [0.15, 0.2) is 0 Å². The molecule has 6 heteroatoms. The van der Waals surface area contributed by atoms with Crippen LogP contribution in [-0.4, -0.2) is 30.2 Å². The summed E-state index contributed by atoms with van der Waals surface area (Å²) in [6.07, 6.45) is 2.37. The molecule has 97 valence electrons. The molecule has 0 fully saturated rings. The normalized spacial score (nSPS) is 14.1. The molecule has 0 aromatic rings. The maximum atomic E-state index is 11.6. The molecule has 0 spiro atoms. The summed E-state index contributed by atoms with van der Waals surface area (Å²) in [5.74, 6) is -0.637. The summed E-state index contributed by atoms with van der Waals surface area (Å²) in [5.41, 5.74) is 10.6. The van der Waals surface area contributed by atoms with Crippen molar-refractivity contribution in [2.75, 3.05) is 0 Å². The van der Waals surface area contributed by atoms with Gasteiger partial charge in [0, 0.05) is 6.42 Å². The van der Waals surface area contributed by atoms with Crippen LogP contribution in [0.25, 0.3) is 0 Å². The predicted molar refractivity (Wildman–Crippen MR) is 63.5 cm³/mol. The fourth-order valence-electron chi connectivity index (χ4n) is 1.34. The third-order valence-corrected chi connectivity index (χ3v) is 2.20. The highest BCUT2D eigenvalue weighted by molar-refractivity contribution is 5.84. The second-order valence-electron chi connectivity index (χ2n) is 4.42. The lowest BCUT2D eigenvalue weighted by Crippen LogP contribution is -2.46. The third kappa shape index (κ3) is 7.46. The van der Waals surface area contributed by atoms with Gasteiger partial charge in [-0.05, 0) is 18.8 Å². The van der Waals surface area contributed by atoms with Crippen LogP contribution in [0.4, 0.5) is 0 Å². The van der Waals surface area contributed by atoms with Gasteiger partial charge in [-0.2, -0.15) is 0 Å². The first-order valence-corrected chi connectivity index (χ1v) is 5.58. The first kappa shape index (κ1) is 15.6. The molecular formula is C11H20N3O3. The van der Waals surface area contributed by atoms with Crippen LogP contribution in [-0.2, 0) is 14.4 Å². The number of nitrogens with one attached hydrogen (secondary N) is 1. The zero-order chi connectivity index (χ0) is 13.4. The van der Waals surface area contributed by atoms with Crippen LogP contribution < -0.4 is 16.8 Å². The topological polar surface area (TPSA) is 115 Å². The van der Waals surface area contributed by atoms with Gasteiger partial charge in [0.2, 0.25) is 18.1 Å². The Bertz CT molecular complexity index is 279. The molecule has 0 saturated carbocycles. The lowest BCUT2D eigenvalue weighted by atomic mass is 10.0. The van der Waals surface area contributed by atoms with Crippen molar-refractivity contribution in [1.82, 2.24) is 5.32 Å². The summed E-state index contributed by atoms with van der Waals surface area (Å²) in [4.78, 5) is 32.7. The molecule has 0 bridgehead atoms. The van der Waals surface area contributed by atoms with E-state index >= 15 is 0 Å². The zero-order valence-electron chi connectivity index (χ0n) is 10.2. The van der Waals surface area contributed by atoms with E-state index in [1.807, 2.05) is 13.8 Å². The first-order valence-electron chi connectivity index (χ1n) is 5.58. The molecule has 0 aromatic heterocycles. The quantitative estimate of drug-likeness (QED) is 0.517. The SMILES string of the molecule is CC(C)C[C@H](N)C(=O)N[C@H]([C]=O)CCC(N)=O. The summed E-state index contributed by atoms with van der Waals surface area (Å²) in [6, 6.07) is -1.48. The largest absolute Gasteiger partial charge is 0.370 e. The molecule has 0 aromatic carbocycles. The van der Waals surface area contributed by atoms with E-state index in [-0.39, 0.29) is 12.8 Å². The highest BCUT2D eigenvalue weighted by Gasteiger charge is 2.19. The summed E-state index contributed by atoms with van der Waals surface area (Å²) < 4.78 is 0. The van der Waals surface area contributed by atoms with Crippen molar-refractivity contribution in [3.8, 4) is 0 Å². The molecular weight excluding hydrogens is 222 g/mol. The van der Waals surface area contributed by atoms with Gasteiger partial charge in [-0.3, -0.25) is 14.4 Å². The highest BCUT2D eigenvalue weighted by atomic mass is 16.2. The monoisotopic (exact) mass is 242 g/mol. The van der Waals surface area contributed by atoms with E-state index in [1.54, 1.807) is 6.29 Å². The molecule has 2 atom stereocenters. The van der Waals surface area contributed by atoms with Crippen molar-refractivity contribution in [2.45, 2.75) is 45.2 Å². The minimum absolute atomic E-state index is 0.0274. The van der Waals surface area contributed by atoms with Gasteiger partial charge in [-0.1, -0.05) is 13.8 Å². The van der Waals surface area contributed by atoms with Gasteiger partial charge >= 0.3 is 0 Å². The van der Waals surface area contributed by atoms with Gasteiger partial charge < -0.3 is 16.8 Å². The number of primary amides is 1. The predicted octanol–water partition coefficient (Wildman–Crippen LogP) is -0.780. The standard InChI is InChI=1S/C11H20N3O3/c1-7(2)5-9(12)11(17)14-8(6-15)3-4-10(13)16/h7-9H,3-5,12H2,1-2H3,(H2,13,16)(H,14,17)/t8-,9-/m0/s1. The van der Waals surface area contributed by atoms with E-state index in [0.717, 1.165) is 0 Å². The Morgan fingerprint density at radius 1 is 1.35 bits per heavy atom. The zero-order valence-corrected chi connectivity index (χ0v) is 10.2. The fraction of sp³-hybridized carbons (Fsp3) is 0.727. The molecule has 0 aliphatic carbocycles. The number of nitrogens with two attached hydrogens (primary N) is 2. The molecule has 0 saturated heterocycles.